The third-order valence-electron chi connectivity index (χ3n) is 3.61. The Morgan fingerprint density at radius 2 is 1.87 bits per heavy atom. The lowest BCUT2D eigenvalue weighted by Gasteiger charge is -2.34. The maximum Gasteiger partial charge on any atom is 0.264 e. The van der Waals surface area contributed by atoms with Gasteiger partial charge >= 0.3 is 0 Å². The fraction of sp³-hybridized carbons (Fsp3) is 0.294. The molecule has 0 saturated carbocycles. The Kier molecular flexibility index (Phi) is 4.17. The molecule has 1 aliphatic heterocycles. The minimum atomic E-state index is -3.64. The molecular weight excluding hydrogens is 314 g/mol. The lowest BCUT2D eigenvalue weighted by molar-refractivity contribution is 0.219. The van der Waals surface area contributed by atoms with Crippen molar-refractivity contribution in [1.29, 1.82) is 0 Å². The molecule has 0 spiro atoms. The molecule has 23 heavy (non-hydrogen) atoms. The van der Waals surface area contributed by atoms with Crippen LogP contribution < -0.4 is 13.8 Å². The third kappa shape index (κ3) is 2.99. The maximum absolute atomic E-state index is 13.0. The standard InChI is InChI=1S/C17H19NO4S/c1-3-21-14-8-10-15(11-9-14)23(19,20)18-12-13(2)22-17-7-5-4-6-16(17)18/h4-11,13H,3,12H2,1-2H3. The van der Waals surface area contributed by atoms with Crippen molar-refractivity contribution >= 4 is 15.7 Å². The Labute approximate surface area is 136 Å². The number of fused-ring (bicyclic) bond motifs is 1. The van der Waals surface area contributed by atoms with E-state index in [1.807, 2.05) is 19.9 Å². The van der Waals surface area contributed by atoms with E-state index < -0.39 is 10.0 Å². The number of hydrogen-bond donors (Lipinski definition) is 0. The van der Waals surface area contributed by atoms with Crippen LogP contribution in [-0.4, -0.2) is 27.7 Å². The molecule has 0 radical (unpaired) electrons. The van der Waals surface area contributed by atoms with Gasteiger partial charge in [0.1, 0.15) is 17.6 Å². The van der Waals surface area contributed by atoms with E-state index in [1.54, 1.807) is 42.5 Å². The van der Waals surface area contributed by atoms with Crippen LogP contribution in [0.25, 0.3) is 0 Å². The highest BCUT2D eigenvalue weighted by atomic mass is 32.2. The summed E-state index contributed by atoms with van der Waals surface area (Å²) in [6.45, 7) is 4.57. The molecular formula is C17H19NO4S. The highest BCUT2D eigenvalue weighted by molar-refractivity contribution is 7.92. The molecule has 0 aliphatic carbocycles. The van der Waals surface area contributed by atoms with Gasteiger partial charge in [0.15, 0.2) is 0 Å². The minimum absolute atomic E-state index is 0.206. The summed E-state index contributed by atoms with van der Waals surface area (Å²) < 4.78 is 38.5. The normalized spacial score (nSPS) is 17.3. The zero-order chi connectivity index (χ0) is 16.4. The summed E-state index contributed by atoms with van der Waals surface area (Å²) in [5, 5.41) is 0. The second-order valence-electron chi connectivity index (χ2n) is 5.34. The van der Waals surface area contributed by atoms with Gasteiger partial charge in [-0.2, -0.15) is 0 Å². The maximum atomic E-state index is 13.0. The van der Waals surface area contributed by atoms with Crippen LogP contribution in [0, 0.1) is 0 Å². The average molecular weight is 333 g/mol. The van der Waals surface area contributed by atoms with E-state index in [9.17, 15) is 8.42 Å². The highest BCUT2D eigenvalue weighted by Gasteiger charge is 2.32. The summed E-state index contributed by atoms with van der Waals surface area (Å²) in [6.07, 6.45) is -0.206. The Hall–Kier alpha value is -2.21. The van der Waals surface area contributed by atoms with Gasteiger partial charge in [-0.25, -0.2) is 8.42 Å². The molecule has 6 heteroatoms. The van der Waals surface area contributed by atoms with Crippen molar-refractivity contribution in [1.82, 2.24) is 0 Å². The van der Waals surface area contributed by atoms with Crippen LogP contribution in [-0.2, 0) is 10.0 Å². The summed E-state index contributed by atoms with van der Waals surface area (Å²) in [5.74, 6) is 1.24. The van der Waals surface area contributed by atoms with Gasteiger partial charge in [0, 0.05) is 0 Å². The van der Waals surface area contributed by atoms with Gasteiger partial charge in [0.2, 0.25) is 0 Å². The molecule has 0 aromatic heterocycles. The number of nitrogens with zero attached hydrogens (tertiary/aromatic N) is 1. The van der Waals surface area contributed by atoms with E-state index in [0.29, 0.717) is 23.8 Å². The fourth-order valence-corrected chi connectivity index (χ4v) is 4.13. The van der Waals surface area contributed by atoms with Gasteiger partial charge in [-0.3, -0.25) is 4.31 Å². The van der Waals surface area contributed by atoms with Crippen LogP contribution in [0.3, 0.4) is 0 Å². The van der Waals surface area contributed by atoms with Crippen LogP contribution in [0.5, 0.6) is 11.5 Å². The zero-order valence-corrected chi connectivity index (χ0v) is 13.9. The van der Waals surface area contributed by atoms with Gasteiger partial charge in [-0.15, -0.1) is 0 Å². The number of rotatable bonds is 4. The van der Waals surface area contributed by atoms with Gasteiger partial charge < -0.3 is 9.47 Å². The van der Waals surface area contributed by atoms with Crippen molar-refractivity contribution in [3.63, 3.8) is 0 Å². The van der Waals surface area contributed by atoms with E-state index in [0.717, 1.165) is 0 Å². The van der Waals surface area contributed by atoms with Crippen molar-refractivity contribution in [3.8, 4) is 11.5 Å². The van der Waals surface area contributed by atoms with Crippen molar-refractivity contribution in [2.24, 2.45) is 0 Å². The summed E-state index contributed by atoms with van der Waals surface area (Å²) in [6, 6.07) is 13.7. The molecule has 5 nitrogen and oxygen atoms in total. The summed E-state index contributed by atoms with van der Waals surface area (Å²) in [4.78, 5) is 0.241. The molecule has 1 atom stereocenters. The molecule has 122 valence electrons. The lowest BCUT2D eigenvalue weighted by atomic mass is 10.2. The quantitative estimate of drug-likeness (QED) is 0.863. The van der Waals surface area contributed by atoms with Gasteiger partial charge in [0.25, 0.3) is 10.0 Å². The number of hydrogen-bond acceptors (Lipinski definition) is 4. The first-order valence-corrected chi connectivity index (χ1v) is 8.97. The fourth-order valence-electron chi connectivity index (χ4n) is 2.58. The van der Waals surface area contributed by atoms with E-state index in [4.69, 9.17) is 9.47 Å². The SMILES string of the molecule is CCOc1ccc(S(=O)(=O)N2CC(C)Oc3ccccc32)cc1. The molecule has 1 unspecified atom stereocenters. The van der Waals surface area contributed by atoms with Crippen molar-refractivity contribution < 1.29 is 17.9 Å². The van der Waals surface area contributed by atoms with E-state index >= 15 is 0 Å². The first-order chi connectivity index (χ1) is 11.0. The molecule has 0 fully saturated rings. The van der Waals surface area contributed by atoms with E-state index in [1.165, 1.54) is 4.31 Å². The average Bonchev–Trinajstić information content (AvgIpc) is 2.55. The number of para-hydroxylation sites is 2. The number of anilines is 1. The zero-order valence-electron chi connectivity index (χ0n) is 13.1. The molecule has 1 aliphatic rings. The molecule has 2 aromatic carbocycles. The Balaban J connectivity index is 1.99. The number of ether oxygens (including phenoxy) is 2. The topological polar surface area (TPSA) is 55.8 Å². The van der Waals surface area contributed by atoms with Crippen molar-refractivity contribution in [2.75, 3.05) is 17.5 Å². The van der Waals surface area contributed by atoms with Crippen LogP contribution in [0.2, 0.25) is 0 Å². The van der Waals surface area contributed by atoms with Gasteiger partial charge in [-0.05, 0) is 50.2 Å². The summed E-state index contributed by atoms with van der Waals surface area (Å²) in [5.41, 5.74) is 0.569. The lowest BCUT2D eigenvalue weighted by Crippen LogP contribution is -2.42. The molecule has 2 aromatic rings. The largest absolute Gasteiger partial charge is 0.494 e. The Morgan fingerprint density at radius 1 is 1.17 bits per heavy atom. The molecule has 3 rings (SSSR count). The van der Waals surface area contributed by atoms with Crippen LogP contribution in [0.1, 0.15) is 13.8 Å². The smallest absolute Gasteiger partial charge is 0.264 e. The summed E-state index contributed by atoms with van der Waals surface area (Å²) in [7, 11) is -3.64. The molecule has 1 heterocycles. The van der Waals surface area contributed by atoms with Crippen LogP contribution in [0.15, 0.2) is 53.4 Å². The molecule has 0 saturated heterocycles. The Bertz CT molecular complexity index is 786. The first-order valence-electron chi connectivity index (χ1n) is 7.53. The van der Waals surface area contributed by atoms with Crippen molar-refractivity contribution in [2.45, 2.75) is 24.8 Å². The molecule has 0 amide bonds. The van der Waals surface area contributed by atoms with Gasteiger partial charge in [0.05, 0.1) is 23.7 Å². The number of sulfonamides is 1. The van der Waals surface area contributed by atoms with Crippen molar-refractivity contribution in [3.05, 3.63) is 48.5 Å². The van der Waals surface area contributed by atoms with Crippen LogP contribution >= 0.6 is 0 Å². The van der Waals surface area contributed by atoms with E-state index in [-0.39, 0.29) is 17.5 Å². The third-order valence-corrected chi connectivity index (χ3v) is 5.40. The Morgan fingerprint density at radius 3 is 2.57 bits per heavy atom. The first kappa shape index (κ1) is 15.7. The monoisotopic (exact) mass is 333 g/mol. The second-order valence-corrected chi connectivity index (χ2v) is 7.20. The predicted octanol–water partition coefficient (Wildman–Crippen LogP) is 3.06. The van der Waals surface area contributed by atoms with Crippen LogP contribution in [0.4, 0.5) is 5.69 Å². The van der Waals surface area contributed by atoms with E-state index in [2.05, 4.69) is 0 Å². The van der Waals surface area contributed by atoms with Gasteiger partial charge in [-0.1, -0.05) is 12.1 Å². The molecule has 0 N–H and O–H groups in total. The summed E-state index contributed by atoms with van der Waals surface area (Å²) >= 11 is 0. The molecule has 0 bridgehead atoms. The predicted molar refractivity (Wildman–Crippen MR) is 88.7 cm³/mol. The second kappa shape index (κ2) is 6.12. The highest BCUT2D eigenvalue weighted by Crippen LogP contribution is 2.36. The minimum Gasteiger partial charge on any atom is -0.494 e. The number of benzene rings is 2.